The number of halogens is 3. The van der Waals surface area contributed by atoms with Crippen LogP contribution in [0.1, 0.15) is 10.5 Å². The predicted octanol–water partition coefficient (Wildman–Crippen LogP) is 3.81. The van der Waals surface area contributed by atoms with Gasteiger partial charge in [0.2, 0.25) is 0 Å². The van der Waals surface area contributed by atoms with E-state index < -0.39 is 35.9 Å². The lowest BCUT2D eigenvalue weighted by Crippen LogP contribution is -2.22. The highest BCUT2D eigenvalue weighted by Crippen LogP contribution is 2.22. The van der Waals surface area contributed by atoms with Crippen LogP contribution in [0.15, 0.2) is 53.8 Å². The molecule has 0 bridgehead atoms. The standard InChI is InChI=1S/C19H14F3N3O3S/c1-29-19-23-9-16(25(19)13-5-2-11(20)3-6-13)18(27)28-10-17(26)24-15-8-12(21)4-7-14(15)22/h2-9H,10H2,1H3,(H,24,26). The Morgan fingerprint density at radius 2 is 1.79 bits per heavy atom. The molecule has 1 amide bonds. The minimum atomic E-state index is -0.864. The zero-order valence-electron chi connectivity index (χ0n) is 15.0. The maximum Gasteiger partial charge on any atom is 0.357 e. The van der Waals surface area contributed by atoms with Crippen LogP contribution >= 0.6 is 11.8 Å². The van der Waals surface area contributed by atoms with Crippen molar-refractivity contribution in [3.63, 3.8) is 0 Å². The van der Waals surface area contributed by atoms with E-state index in [-0.39, 0.29) is 11.4 Å². The van der Waals surface area contributed by atoms with Crippen molar-refractivity contribution in [1.29, 1.82) is 0 Å². The summed E-state index contributed by atoms with van der Waals surface area (Å²) in [6.45, 7) is -0.724. The summed E-state index contributed by atoms with van der Waals surface area (Å²) >= 11 is 1.26. The monoisotopic (exact) mass is 421 g/mol. The van der Waals surface area contributed by atoms with Gasteiger partial charge in [-0.25, -0.2) is 22.9 Å². The number of nitrogens with zero attached hydrogens (tertiary/aromatic N) is 2. The van der Waals surface area contributed by atoms with Crippen molar-refractivity contribution in [1.82, 2.24) is 9.55 Å². The zero-order chi connectivity index (χ0) is 21.0. The van der Waals surface area contributed by atoms with Gasteiger partial charge in [0.1, 0.15) is 17.5 Å². The highest BCUT2D eigenvalue weighted by molar-refractivity contribution is 7.98. The zero-order valence-corrected chi connectivity index (χ0v) is 15.8. The molecule has 0 aliphatic carbocycles. The number of ether oxygens (including phenoxy) is 1. The molecule has 0 spiro atoms. The highest BCUT2D eigenvalue weighted by Gasteiger charge is 2.20. The van der Waals surface area contributed by atoms with Gasteiger partial charge in [0.25, 0.3) is 5.91 Å². The van der Waals surface area contributed by atoms with E-state index in [9.17, 15) is 22.8 Å². The van der Waals surface area contributed by atoms with Crippen molar-refractivity contribution in [2.24, 2.45) is 0 Å². The summed E-state index contributed by atoms with van der Waals surface area (Å²) in [5.41, 5.74) is 0.129. The lowest BCUT2D eigenvalue weighted by molar-refractivity contribution is -0.119. The van der Waals surface area contributed by atoms with Crippen LogP contribution in [0.2, 0.25) is 0 Å². The van der Waals surface area contributed by atoms with Crippen LogP contribution in [0.3, 0.4) is 0 Å². The molecule has 3 aromatic rings. The van der Waals surface area contributed by atoms with E-state index in [0.717, 1.165) is 18.2 Å². The van der Waals surface area contributed by atoms with Gasteiger partial charge >= 0.3 is 5.97 Å². The lowest BCUT2D eigenvalue weighted by atomic mass is 10.3. The van der Waals surface area contributed by atoms with Gasteiger partial charge in [-0.2, -0.15) is 0 Å². The Labute approximate surface area is 167 Å². The number of imidazole rings is 1. The number of benzene rings is 2. The predicted molar refractivity (Wildman–Crippen MR) is 101 cm³/mol. The fourth-order valence-corrected chi connectivity index (χ4v) is 2.99. The van der Waals surface area contributed by atoms with E-state index in [4.69, 9.17) is 4.74 Å². The molecule has 2 aromatic carbocycles. The Bertz CT molecular complexity index is 1050. The lowest BCUT2D eigenvalue weighted by Gasteiger charge is -2.11. The summed E-state index contributed by atoms with van der Waals surface area (Å²) in [5, 5.41) is 2.58. The first-order chi connectivity index (χ1) is 13.9. The normalized spacial score (nSPS) is 10.6. The SMILES string of the molecule is CSc1ncc(C(=O)OCC(=O)Nc2cc(F)ccc2F)n1-c1ccc(F)cc1. The molecule has 0 fully saturated rings. The third-order valence-electron chi connectivity index (χ3n) is 3.74. The molecule has 0 unspecified atom stereocenters. The Kier molecular flexibility index (Phi) is 6.23. The number of aromatic nitrogens is 2. The second-order valence-electron chi connectivity index (χ2n) is 5.69. The average molecular weight is 421 g/mol. The van der Waals surface area contributed by atoms with Gasteiger partial charge in [-0.05, 0) is 42.7 Å². The van der Waals surface area contributed by atoms with Crippen LogP contribution in [0, 0.1) is 17.5 Å². The van der Waals surface area contributed by atoms with Crippen molar-refractivity contribution in [2.45, 2.75) is 5.16 Å². The minimum absolute atomic E-state index is 0.0192. The Morgan fingerprint density at radius 3 is 2.48 bits per heavy atom. The third kappa shape index (κ3) is 4.77. The molecule has 10 heteroatoms. The maximum atomic E-state index is 13.6. The van der Waals surface area contributed by atoms with Crippen molar-refractivity contribution in [3.05, 3.63) is 71.8 Å². The first-order valence-electron chi connectivity index (χ1n) is 8.18. The molecule has 0 saturated heterocycles. The minimum Gasteiger partial charge on any atom is -0.451 e. The number of esters is 1. The van der Waals surface area contributed by atoms with E-state index in [2.05, 4.69) is 10.3 Å². The fraction of sp³-hybridized carbons (Fsp3) is 0.105. The van der Waals surface area contributed by atoms with E-state index >= 15 is 0 Å². The molecule has 6 nitrogen and oxygen atoms in total. The first kappa shape index (κ1) is 20.5. The first-order valence-corrected chi connectivity index (χ1v) is 9.41. The number of carbonyl (C=O) groups excluding carboxylic acids is 2. The van der Waals surface area contributed by atoms with E-state index in [1.54, 1.807) is 6.26 Å². The van der Waals surface area contributed by atoms with Gasteiger partial charge in [-0.3, -0.25) is 9.36 Å². The topological polar surface area (TPSA) is 73.2 Å². The summed E-state index contributed by atoms with van der Waals surface area (Å²) in [7, 11) is 0. The fourth-order valence-electron chi connectivity index (χ4n) is 2.45. The molecule has 0 radical (unpaired) electrons. The smallest absolute Gasteiger partial charge is 0.357 e. The summed E-state index contributed by atoms with van der Waals surface area (Å²) in [4.78, 5) is 28.5. The van der Waals surface area contributed by atoms with Gasteiger partial charge in [0.15, 0.2) is 17.5 Å². The van der Waals surface area contributed by atoms with Gasteiger partial charge in [-0.1, -0.05) is 11.8 Å². The highest BCUT2D eigenvalue weighted by atomic mass is 32.2. The van der Waals surface area contributed by atoms with E-state index in [1.165, 1.54) is 46.8 Å². The van der Waals surface area contributed by atoms with Gasteiger partial charge in [0.05, 0.1) is 11.9 Å². The van der Waals surface area contributed by atoms with Crippen LogP contribution in [-0.2, 0) is 9.53 Å². The van der Waals surface area contributed by atoms with Gasteiger partial charge in [0, 0.05) is 11.8 Å². The molecule has 1 N–H and O–H groups in total. The number of thioether (sulfide) groups is 1. The second-order valence-corrected chi connectivity index (χ2v) is 6.46. The van der Waals surface area contributed by atoms with Crippen molar-refractivity contribution in [3.8, 4) is 5.69 Å². The van der Waals surface area contributed by atoms with E-state index in [1.807, 2.05) is 0 Å². The molecule has 0 aliphatic rings. The molecule has 3 rings (SSSR count). The van der Waals surface area contributed by atoms with Crippen LogP contribution in [0.5, 0.6) is 0 Å². The molecular weight excluding hydrogens is 407 g/mol. The Morgan fingerprint density at radius 1 is 1.10 bits per heavy atom. The van der Waals surface area contributed by atoms with Gasteiger partial charge in [-0.15, -0.1) is 0 Å². The van der Waals surface area contributed by atoms with E-state index in [0.29, 0.717) is 10.8 Å². The second kappa shape index (κ2) is 8.82. The van der Waals surface area contributed by atoms with Crippen molar-refractivity contribution < 1.29 is 27.5 Å². The molecule has 0 aliphatic heterocycles. The largest absolute Gasteiger partial charge is 0.451 e. The molecule has 1 aromatic heterocycles. The number of anilines is 1. The summed E-state index contributed by atoms with van der Waals surface area (Å²) in [5.74, 6) is -3.71. The summed E-state index contributed by atoms with van der Waals surface area (Å²) in [6, 6.07) is 7.97. The molecule has 29 heavy (non-hydrogen) atoms. The molecule has 0 atom stereocenters. The third-order valence-corrected chi connectivity index (χ3v) is 4.40. The maximum absolute atomic E-state index is 13.6. The number of hydrogen-bond donors (Lipinski definition) is 1. The molecule has 1 heterocycles. The molecule has 0 saturated carbocycles. The quantitative estimate of drug-likeness (QED) is 0.484. The summed E-state index contributed by atoms with van der Waals surface area (Å²) in [6.07, 6.45) is 3.01. The number of hydrogen-bond acceptors (Lipinski definition) is 5. The number of nitrogens with one attached hydrogen (secondary N) is 1. The van der Waals surface area contributed by atoms with Crippen LogP contribution < -0.4 is 5.32 Å². The number of amides is 1. The number of rotatable bonds is 6. The Balaban J connectivity index is 1.72. The van der Waals surface area contributed by atoms with Gasteiger partial charge < -0.3 is 10.1 Å². The Hall–Kier alpha value is -3.27. The molecular formula is C19H14F3N3O3S. The average Bonchev–Trinajstić information content (AvgIpc) is 3.13. The summed E-state index contributed by atoms with van der Waals surface area (Å²) < 4.78 is 46.4. The van der Waals surface area contributed by atoms with Crippen molar-refractivity contribution >= 4 is 29.3 Å². The van der Waals surface area contributed by atoms with Crippen LogP contribution in [0.4, 0.5) is 18.9 Å². The number of carbonyl (C=O) groups is 2. The molecule has 150 valence electrons. The van der Waals surface area contributed by atoms with Crippen molar-refractivity contribution in [2.75, 3.05) is 18.2 Å². The van der Waals surface area contributed by atoms with Crippen LogP contribution in [-0.4, -0.2) is 34.3 Å². The van der Waals surface area contributed by atoms with Crippen LogP contribution in [0.25, 0.3) is 5.69 Å².